The van der Waals surface area contributed by atoms with E-state index >= 15 is 0 Å². The molecule has 2 aromatic rings. The number of nitrogens with zero attached hydrogens (tertiary/aromatic N) is 2. The standard InChI is InChI=1S/C25H31N3O2/c1-19-17-27(15-16-30-19)23-12-10-22(11-13-23)26-24(29)28-18-21-9-5-6-14-25(21,28)20-7-3-2-4-8-20/h2-4,7-8,10-13,19,21H,5-6,9,14-18H2,1H3,(H,26,29)/t19-,21-,25-/m1/s1. The van der Waals surface area contributed by atoms with Crippen LogP contribution in [0, 0.1) is 5.92 Å². The summed E-state index contributed by atoms with van der Waals surface area (Å²) >= 11 is 0. The highest BCUT2D eigenvalue weighted by molar-refractivity contribution is 5.91. The lowest BCUT2D eigenvalue weighted by molar-refractivity contribution is -0.0756. The molecule has 2 aliphatic heterocycles. The first-order valence-corrected chi connectivity index (χ1v) is 11.3. The van der Waals surface area contributed by atoms with Crippen molar-refractivity contribution >= 4 is 17.4 Å². The largest absolute Gasteiger partial charge is 0.375 e. The molecule has 0 unspecified atom stereocenters. The summed E-state index contributed by atoms with van der Waals surface area (Å²) in [5.74, 6) is 0.574. The van der Waals surface area contributed by atoms with Crippen LogP contribution in [0.2, 0.25) is 0 Å². The monoisotopic (exact) mass is 405 g/mol. The van der Waals surface area contributed by atoms with Crippen molar-refractivity contribution in [1.82, 2.24) is 4.90 Å². The molecule has 0 radical (unpaired) electrons. The second kappa shape index (κ2) is 7.95. The fourth-order valence-electron chi connectivity index (χ4n) is 5.62. The number of hydrogen-bond acceptors (Lipinski definition) is 3. The molecule has 2 aromatic carbocycles. The van der Waals surface area contributed by atoms with E-state index in [1.807, 2.05) is 12.1 Å². The Hall–Kier alpha value is -2.53. The van der Waals surface area contributed by atoms with Crippen LogP contribution in [0.4, 0.5) is 16.2 Å². The average molecular weight is 406 g/mol. The summed E-state index contributed by atoms with van der Waals surface area (Å²) in [5, 5.41) is 3.15. The zero-order chi connectivity index (χ0) is 20.6. The van der Waals surface area contributed by atoms with Crippen LogP contribution in [0.15, 0.2) is 54.6 Å². The molecule has 5 rings (SSSR count). The van der Waals surface area contributed by atoms with Gasteiger partial charge in [0.1, 0.15) is 0 Å². The van der Waals surface area contributed by atoms with Crippen molar-refractivity contribution in [3.8, 4) is 0 Å². The van der Waals surface area contributed by atoms with Crippen LogP contribution in [0.3, 0.4) is 0 Å². The SMILES string of the molecule is C[C@@H]1CN(c2ccc(NC(=O)N3C[C@H]4CCCC[C@@]43c3ccccc3)cc2)CCO1. The molecule has 3 atom stereocenters. The summed E-state index contributed by atoms with van der Waals surface area (Å²) in [5.41, 5.74) is 3.19. The van der Waals surface area contributed by atoms with E-state index in [1.165, 1.54) is 30.5 Å². The molecular formula is C25H31N3O2. The second-order valence-electron chi connectivity index (χ2n) is 8.95. The Balaban J connectivity index is 1.30. The molecule has 1 N–H and O–H groups in total. The van der Waals surface area contributed by atoms with Gasteiger partial charge in [-0.25, -0.2) is 4.79 Å². The van der Waals surface area contributed by atoms with Gasteiger partial charge in [0.25, 0.3) is 0 Å². The van der Waals surface area contributed by atoms with E-state index in [1.54, 1.807) is 0 Å². The van der Waals surface area contributed by atoms with Crippen LogP contribution >= 0.6 is 0 Å². The molecule has 158 valence electrons. The molecule has 3 fully saturated rings. The lowest BCUT2D eigenvalue weighted by Gasteiger charge is -2.61. The van der Waals surface area contributed by atoms with Crippen molar-refractivity contribution < 1.29 is 9.53 Å². The van der Waals surface area contributed by atoms with E-state index < -0.39 is 0 Å². The van der Waals surface area contributed by atoms with Gasteiger partial charge in [-0.15, -0.1) is 0 Å². The number of urea groups is 1. The lowest BCUT2D eigenvalue weighted by Crippen LogP contribution is -2.68. The van der Waals surface area contributed by atoms with Gasteiger partial charge in [0.15, 0.2) is 0 Å². The first kappa shape index (κ1) is 19.4. The predicted octanol–water partition coefficient (Wildman–Crippen LogP) is 4.84. The van der Waals surface area contributed by atoms with Crippen molar-refractivity contribution in [2.75, 3.05) is 36.5 Å². The number of amides is 2. The Bertz CT molecular complexity index is 885. The molecule has 2 saturated heterocycles. The van der Waals surface area contributed by atoms with Crippen LogP contribution in [0.25, 0.3) is 0 Å². The van der Waals surface area contributed by atoms with E-state index in [4.69, 9.17) is 4.74 Å². The third-order valence-electron chi connectivity index (χ3n) is 7.16. The van der Waals surface area contributed by atoms with Crippen molar-refractivity contribution in [1.29, 1.82) is 0 Å². The highest BCUT2D eigenvalue weighted by atomic mass is 16.5. The number of likely N-dealkylation sites (tertiary alicyclic amines) is 1. The topological polar surface area (TPSA) is 44.8 Å². The van der Waals surface area contributed by atoms with E-state index in [-0.39, 0.29) is 17.7 Å². The number of nitrogens with one attached hydrogen (secondary N) is 1. The first-order chi connectivity index (χ1) is 14.7. The van der Waals surface area contributed by atoms with Gasteiger partial charge in [-0.2, -0.15) is 0 Å². The molecule has 1 saturated carbocycles. The van der Waals surface area contributed by atoms with Gasteiger partial charge in [0.05, 0.1) is 18.2 Å². The quantitative estimate of drug-likeness (QED) is 0.794. The predicted molar refractivity (Wildman–Crippen MR) is 120 cm³/mol. The van der Waals surface area contributed by atoms with Crippen LogP contribution in [0.5, 0.6) is 0 Å². The molecule has 5 nitrogen and oxygen atoms in total. The Kier molecular flexibility index (Phi) is 5.15. The van der Waals surface area contributed by atoms with E-state index in [0.29, 0.717) is 5.92 Å². The minimum absolute atomic E-state index is 0.0183. The zero-order valence-electron chi connectivity index (χ0n) is 17.7. The highest BCUT2D eigenvalue weighted by Gasteiger charge is 2.57. The summed E-state index contributed by atoms with van der Waals surface area (Å²) in [6, 6.07) is 18.9. The number of carbonyl (C=O) groups is 1. The molecule has 0 bridgehead atoms. The number of ether oxygens (including phenoxy) is 1. The van der Waals surface area contributed by atoms with Gasteiger partial charge in [-0.1, -0.05) is 43.2 Å². The number of morpholine rings is 1. The van der Waals surface area contributed by atoms with Gasteiger partial charge in [-0.05, 0) is 49.6 Å². The third-order valence-corrected chi connectivity index (χ3v) is 7.16. The highest BCUT2D eigenvalue weighted by Crippen LogP contribution is 2.53. The maximum absolute atomic E-state index is 13.2. The van der Waals surface area contributed by atoms with Crippen molar-refractivity contribution in [2.45, 2.75) is 44.2 Å². The molecule has 0 aromatic heterocycles. The number of anilines is 2. The van der Waals surface area contributed by atoms with E-state index in [9.17, 15) is 4.79 Å². The van der Waals surface area contributed by atoms with Crippen LogP contribution in [-0.4, -0.2) is 43.3 Å². The summed E-state index contributed by atoms with van der Waals surface area (Å²) in [4.78, 5) is 17.7. The summed E-state index contributed by atoms with van der Waals surface area (Å²) in [6.45, 7) is 5.53. The maximum atomic E-state index is 13.2. The fraction of sp³-hybridized carbons (Fsp3) is 0.480. The normalized spacial score (nSPS) is 28.4. The molecule has 30 heavy (non-hydrogen) atoms. The second-order valence-corrected chi connectivity index (χ2v) is 8.95. The van der Waals surface area contributed by atoms with Crippen molar-refractivity contribution in [3.63, 3.8) is 0 Å². The van der Waals surface area contributed by atoms with Crippen LogP contribution in [0.1, 0.15) is 38.2 Å². The zero-order valence-corrected chi connectivity index (χ0v) is 17.7. The molecular weight excluding hydrogens is 374 g/mol. The number of carbonyl (C=O) groups excluding carboxylic acids is 1. The van der Waals surface area contributed by atoms with Crippen LogP contribution in [-0.2, 0) is 10.3 Å². The average Bonchev–Trinajstić information content (AvgIpc) is 2.76. The number of hydrogen-bond donors (Lipinski definition) is 1. The summed E-state index contributed by atoms with van der Waals surface area (Å²) in [6.07, 6.45) is 4.98. The fourth-order valence-corrected chi connectivity index (χ4v) is 5.62. The minimum Gasteiger partial charge on any atom is -0.375 e. The molecule has 1 aliphatic carbocycles. The molecule has 5 heteroatoms. The Morgan fingerprint density at radius 1 is 1.07 bits per heavy atom. The van der Waals surface area contributed by atoms with Gasteiger partial charge in [-0.3, -0.25) is 0 Å². The van der Waals surface area contributed by atoms with Gasteiger partial charge >= 0.3 is 6.03 Å². The van der Waals surface area contributed by atoms with Gasteiger partial charge in [0.2, 0.25) is 0 Å². The third kappa shape index (κ3) is 3.35. The minimum atomic E-state index is -0.131. The number of fused-ring (bicyclic) bond motifs is 1. The van der Waals surface area contributed by atoms with Gasteiger partial charge in [0, 0.05) is 36.9 Å². The lowest BCUT2D eigenvalue weighted by atomic mass is 9.62. The summed E-state index contributed by atoms with van der Waals surface area (Å²) < 4.78 is 5.64. The Labute approximate surface area is 179 Å². The Morgan fingerprint density at radius 2 is 1.87 bits per heavy atom. The number of benzene rings is 2. The van der Waals surface area contributed by atoms with Gasteiger partial charge < -0.3 is 19.9 Å². The molecule has 3 aliphatic rings. The molecule has 2 heterocycles. The van der Waals surface area contributed by atoms with Crippen LogP contribution < -0.4 is 10.2 Å². The summed E-state index contributed by atoms with van der Waals surface area (Å²) in [7, 11) is 0. The maximum Gasteiger partial charge on any atom is 0.322 e. The number of rotatable bonds is 3. The Morgan fingerprint density at radius 3 is 2.60 bits per heavy atom. The first-order valence-electron chi connectivity index (χ1n) is 11.3. The van der Waals surface area contributed by atoms with Crippen molar-refractivity contribution in [2.24, 2.45) is 5.92 Å². The van der Waals surface area contributed by atoms with E-state index in [2.05, 4.69) is 64.5 Å². The van der Waals surface area contributed by atoms with E-state index in [0.717, 1.165) is 38.3 Å². The smallest absolute Gasteiger partial charge is 0.322 e. The molecule has 2 amide bonds. The van der Waals surface area contributed by atoms with Crippen molar-refractivity contribution in [3.05, 3.63) is 60.2 Å². The molecule has 0 spiro atoms.